The van der Waals surface area contributed by atoms with Crippen molar-refractivity contribution >= 4 is 29.0 Å². The van der Waals surface area contributed by atoms with Gasteiger partial charge in [0.05, 0.1) is 0 Å². The van der Waals surface area contributed by atoms with Crippen LogP contribution in [0.4, 0.5) is 4.39 Å². The summed E-state index contributed by atoms with van der Waals surface area (Å²) in [6, 6.07) is 9.92. The Morgan fingerprint density at radius 1 is 0.882 bits per heavy atom. The lowest BCUT2D eigenvalue weighted by Gasteiger charge is -2.02. The van der Waals surface area contributed by atoms with Crippen molar-refractivity contribution in [2.24, 2.45) is 0 Å². The Labute approximate surface area is 108 Å². The minimum absolute atomic E-state index is 0.241. The summed E-state index contributed by atoms with van der Waals surface area (Å²) in [4.78, 5) is 12.0. The van der Waals surface area contributed by atoms with Gasteiger partial charge in [0.15, 0.2) is 5.78 Å². The topological polar surface area (TPSA) is 17.1 Å². The van der Waals surface area contributed by atoms with Crippen LogP contribution in [0.2, 0.25) is 10.0 Å². The number of benzene rings is 2. The Hall–Kier alpha value is -1.38. The van der Waals surface area contributed by atoms with Gasteiger partial charge in [-0.25, -0.2) is 4.39 Å². The van der Waals surface area contributed by atoms with Crippen LogP contribution in [0, 0.1) is 5.82 Å². The third kappa shape index (κ3) is 2.84. The van der Waals surface area contributed by atoms with Gasteiger partial charge in [-0.1, -0.05) is 23.2 Å². The molecule has 0 saturated heterocycles. The summed E-state index contributed by atoms with van der Waals surface area (Å²) in [5.41, 5.74) is 0.777. The van der Waals surface area contributed by atoms with Gasteiger partial charge in [0.25, 0.3) is 0 Å². The van der Waals surface area contributed by atoms with Gasteiger partial charge in [-0.2, -0.15) is 0 Å². The summed E-state index contributed by atoms with van der Waals surface area (Å²) in [6.07, 6.45) is 0. The molecule has 0 atom stereocenters. The Bertz CT molecular complexity index is 544. The quantitative estimate of drug-likeness (QED) is 0.740. The van der Waals surface area contributed by atoms with Crippen LogP contribution in [0.1, 0.15) is 15.9 Å². The molecule has 86 valence electrons. The minimum Gasteiger partial charge on any atom is -0.289 e. The number of carbonyl (C=O) groups excluding carboxylic acids is 1. The monoisotopic (exact) mass is 268 g/mol. The van der Waals surface area contributed by atoms with Gasteiger partial charge in [0.2, 0.25) is 0 Å². The molecule has 2 aromatic carbocycles. The van der Waals surface area contributed by atoms with Gasteiger partial charge >= 0.3 is 0 Å². The Balaban J connectivity index is 2.40. The molecule has 0 bridgehead atoms. The maximum absolute atomic E-state index is 12.7. The molecular weight excluding hydrogens is 262 g/mol. The fraction of sp³-hybridized carbons (Fsp3) is 0. The second-order valence-electron chi connectivity index (χ2n) is 3.49. The van der Waals surface area contributed by atoms with Gasteiger partial charge in [-0.15, -0.1) is 0 Å². The number of halogens is 3. The summed E-state index contributed by atoms with van der Waals surface area (Å²) in [6.45, 7) is 0. The van der Waals surface area contributed by atoms with E-state index >= 15 is 0 Å². The zero-order valence-corrected chi connectivity index (χ0v) is 10.1. The lowest BCUT2D eigenvalue weighted by molar-refractivity contribution is 0.103. The van der Waals surface area contributed by atoms with Gasteiger partial charge in [-0.3, -0.25) is 4.79 Å². The van der Waals surface area contributed by atoms with E-state index in [4.69, 9.17) is 23.2 Å². The molecule has 17 heavy (non-hydrogen) atoms. The van der Waals surface area contributed by atoms with Crippen LogP contribution in [0.3, 0.4) is 0 Å². The van der Waals surface area contributed by atoms with E-state index in [2.05, 4.69) is 0 Å². The Morgan fingerprint density at radius 3 is 1.94 bits per heavy atom. The van der Waals surface area contributed by atoms with Crippen LogP contribution in [-0.4, -0.2) is 5.78 Å². The standard InChI is InChI=1S/C13H7Cl2FO/c14-10-5-9(6-11(15)7-10)13(17)8-1-3-12(16)4-2-8/h1-7H. The third-order valence-electron chi connectivity index (χ3n) is 2.23. The summed E-state index contributed by atoms with van der Waals surface area (Å²) >= 11 is 11.6. The molecule has 0 unspecified atom stereocenters. The molecule has 0 fully saturated rings. The SMILES string of the molecule is O=C(c1ccc(F)cc1)c1cc(Cl)cc(Cl)c1. The largest absolute Gasteiger partial charge is 0.289 e. The molecule has 1 nitrogen and oxygen atoms in total. The molecule has 0 heterocycles. The molecule has 0 amide bonds. The van der Waals surface area contributed by atoms with E-state index in [1.54, 1.807) is 6.07 Å². The van der Waals surface area contributed by atoms with E-state index in [0.29, 0.717) is 21.2 Å². The van der Waals surface area contributed by atoms with Gasteiger partial charge in [0.1, 0.15) is 5.82 Å². The van der Waals surface area contributed by atoms with E-state index in [-0.39, 0.29) is 11.6 Å². The molecule has 2 aromatic rings. The van der Waals surface area contributed by atoms with Crippen LogP contribution < -0.4 is 0 Å². The first-order valence-corrected chi connectivity index (χ1v) is 5.58. The Morgan fingerprint density at radius 2 is 1.41 bits per heavy atom. The molecule has 0 aromatic heterocycles. The average molecular weight is 269 g/mol. The maximum atomic E-state index is 12.7. The summed E-state index contributed by atoms with van der Waals surface area (Å²) in [5.74, 6) is -0.625. The molecule has 0 saturated carbocycles. The van der Waals surface area contributed by atoms with Crippen LogP contribution >= 0.6 is 23.2 Å². The highest BCUT2D eigenvalue weighted by Crippen LogP contribution is 2.21. The lowest BCUT2D eigenvalue weighted by atomic mass is 10.0. The molecule has 0 aliphatic heterocycles. The zero-order chi connectivity index (χ0) is 12.4. The Kier molecular flexibility index (Phi) is 3.46. The van der Waals surface area contributed by atoms with Crippen molar-refractivity contribution in [1.82, 2.24) is 0 Å². The zero-order valence-electron chi connectivity index (χ0n) is 8.58. The first-order valence-electron chi connectivity index (χ1n) is 4.82. The van der Waals surface area contributed by atoms with Crippen molar-refractivity contribution in [3.8, 4) is 0 Å². The van der Waals surface area contributed by atoms with E-state index in [1.807, 2.05) is 0 Å². The van der Waals surface area contributed by atoms with Crippen LogP contribution in [-0.2, 0) is 0 Å². The van der Waals surface area contributed by atoms with Gasteiger partial charge in [0, 0.05) is 21.2 Å². The number of rotatable bonds is 2. The summed E-state index contributed by atoms with van der Waals surface area (Å²) in [5, 5.41) is 0.783. The maximum Gasteiger partial charge on any atom is 0.193 e. The molecule has 0 aliphatic carbocycles. The number of carbonyl (C=O) groups is 1. The van der Waals surface area contributed by atoms with Crippen molar-refractivity contribution in [3.05, 3.63) is 69.5 Å². The molecule has 4 heteroatoms. The van der Waals surface area contributed by atoms with E-state index in [1.165, 1.54) is 36.4 Å². The summed E-state index contributed by atoms with van der Waals surface area (Å²) in [7, 11) is 0. The number of hydrogen-bond acceptors (Lipinski definition) is 1. The highest BCUT2D eigenvalue weighted by atomic mass is 35.5. The minimum atomic E-state index is -0.384. The van der Waals surface area contributed by atoms with E-state index < -0.39 is 0 Å². The van der Waals surface area contributed by atoms with E-state index in [9.17, 15) is 9.18 Å². The highest BCUT2D eigenvalue weighted by Gasteiger charge is 2.10. The number of ketones is 1. The molecule has 0 spiro atoms. The predicted octanol–water partition coefficient (Wildman–Crippen LogP) is 4.36. The number of hydrogen-bond donors (Lipinski definition) is 0. The van der Waals surface area contributed by atoms with Gasteiger partial charge in [-0.05, 0) is 42.5 Å². The van der Waals surface area contributed by atoms with E-state index in [0.717, 1.165) is 0 Å². The van der Waals surface area contributed by atoms with Crippen LogP contribution in [0.25, 0.3) is 0 Å². The van der Waals surface area contributed by atoms with Crippen molar-refractivity contribution < 1.29 is 9.18 Å². The predicted molar refractivity (Wildman–Crippen MR) is 66.3 cm³/mol. The molecule has 0 N–H and O–H groups in total. The molecular formula is C13H7Cl2FO. The van der Waals surface area contributed by atoms with Crippen molar-refractivity contribution in [3.63, 3.8) is 0 Å². The summed E-state index contributed by atoms with van der Waals surface area (Å²) < 4.78 is 12.7. The van der Waals surface area contributed by atoms with Crippen LogP contribution in [0.15, 0.2) is 42.5 Å². The molecule has 0 aliphatic rings. The normalized spacial score (nSPS) is 10.3. The fourth-order valence-electron chi connectivity index (χ4n) is 1.45. The first-order chi connectivity index (χ1) is 8.06. The second-order valence-corrected chi connectivity index (χ2v) is 4.37. The smallest absolute Gasteiger partial charge is 0.193 e. The first kappa shape index (κ1) is 12.1. The van der Waals surface area contributed by atoms with Crippen molar-refractivity contribution in [2.45, 2.75) is 0 Å². The third-order valence-corrected chi connectivity index (χ3v) is 2.67. The fourth-order valence-corrected chi connectivity index (χ4v) is 1.98. The van der Waals surface area contributed by atoms with Crippen molar-refractivity contribution in [2.75, 3.05) is 0 Å². The lowest BCUT2D eigenvalue weighted by Crippen LogP contribution is -2.01. The molecule has 0 radical (unpaired) electrons. The molecule has 2 rings (SSSR count). The second kappa shape index (κ2) is 4.86. The highest BCUT2D eigenvalue weighted by molar-refractivity contribution is 6.35. The average Bonchev–Trinajstić information content (AvgIpc) is 2.28. The van der Waals surface area contributed by atoms with Crippen molar-refractivity contribution in [1.29, 1.82) is 0 Å². The van der Waals surface area contributed by atoms with Gasteiger partial charge < -0.3 is 0 Å². The van der Waals surface area contributed by atoms with Crippen LogP contribution in [0.5, 0.6) is 0 Å².